The Morgan fingerprint density at radius 3 is 2.48 bits per heavy atom. The van der Waals surface area contributed by atoms with E-state index in [9.17, 15) is 9.59 Å². The maximum Gasteiger partial charge on any atom is 0.237 e. The van der Waals surface area contributed by atoms with Gasteiger partial charge in [-0.2, -0.15) is 0 Å². The van der Waals surface area contributed by atoms with Gasteiger partial charge in [0.1, 0.15) is 5.75 Å². The van der Waals surface area contributed by atoms with Gasteiger partial charge < -0.3 is 15.4 Å². The Morgan fingerprint density at radius 2 is 1.85 bits per heavy atom. The number of ether oxygens (including phenoxy) is 1. The van der Waals surface area contributed by atoms with Crippen LogP contribution in [-0.4, -0.2) is 29.9 Å². The first-order valence-electron chi connectivity index (χ1n) is 8.57. The molecular formula is C20H23ClN2O3S. The van der Waals surface area contributed by atoms with Crippen LogP contribution in [0.25, 0.3) is 0 Å². The van der Waals surface area contributed by atoms with Crippen LogP contribution in [0.4, 0.5) is 11.4 Å². The van der Waals surface area contributed by atoms with E-state index < -0.39 is 5.25 Å². The average molecular weight is 407 g/mol. The van der Waals surface area contributed by atoms with Crippen LogP contribution >= 0.6 is 23.4 Å². The molecule has 0 heterocycles. The van der Waals surface area contributed by atoms with Gasteiger partial charge in [0.05, 0.1) is 23.8 Å². The predicted molar refractivity (Wildman–Crippen MR) is 113 cm³/mol. The topological polar surface area (TPSA) is 67.4 Å². The lowest BCUT2D eigenvalue weighted by Crippen LogP contribution is -2.25. The van der Waals surface area contributed by atoms with Crippen molar-refractivity contribution in [3.63, 3.8) is 0 Å². The number of benzene rings is 2. The van der Waals surface area contributed by atoms with Gasteiger partial charge in [-0.25, -0.2) is 0 Å². The zero-order valence-corrected chi connectivity index (χ0v) is 17.1. The van der Waals surface area contributed by atoms with Gasteiger partial charge in [0, 0.05) is 10.7 Å². The highest BCUT2D eigenvalue weighted by atomic mass is 35.5. The molecule has 5 nitrogen and oxygen atoms in total. The summed E-state index contributed by atoms with van der Waals surface area (Å²) in [5.74, 6) is 0.333. The van der Waals surface area contributed by atoms with E-state index in [-0.39, 0.29) is 17.6 Å². The second kappa shape index (κ2) is 10.2. The van der Waals surface area contributed by atoms with Gasteiger partial charge in [0.25, 0.3) is 0 Å². The SMILES string of the molecule is CCc1ccc(NC(=O)CS[C@@H](C)C(=O)Nc2cc(Cl)ccc2OC)cc1. The quantitative estimate of drug-likeness (QED) is 0.671. The van der Waals surface area contributed by atoms with Crippen LogP contribution in [0.2, 0.25) is 5.02 Å². The Balaban J connectivity index is 1.85. The molecule has 7 heteroatoms. The number of hydrogen-bond acceptors (Lipinski definition) is 4. The standard InChI is InChI=1S/C20H23ClN2O3S/c1-4-14-5-8-16(9-6-14)22-19(24)12-27-13(2)20(25)23-17-11-15(21)7-10-18(17)26-3/h5-11,13H,4,12H2,1-3H3,(H,22,24)(H,23,25)/t13-/m0/s1. The van der Waals surface area contributed by atoms with Gasteiger partial charge in [0.15, 0.2) is 0 Å². The number of carbonyl (C=O) groups is 2. The molecule has 0 aromatic heterocycles. The fraction of sp³-hybridized carbons (Fsp3) is 0.300. The highest BCUT2D eigenvalue weighted by Crippen LogP contribution is 2.28. The number of rotatable bonds is 8. The third-order valence-electron chi connectivity index (χ3n) is 3.90. The van der Waals surface area contributed by atoms with Crippen LogP contribution in [-0.2, 0) is 16.0 Å². The van der Waals surface area contributed by atoms with Gasteiger partial charge in [-0.1, -0.05) is 30.7 Å². The van der Waals surface area contributed by atoms with Crippen LogP contribution in [0.3, 0.4) is 0 Å². The summed E-state index contributed by atoms with van der Waals surface area (Å²) in [4.78, 5) is 24.5. The van der Waals surface area contributed by atoms with E-state index in [4.69, 9.17) is 16.3 Å². The van der Waals surface area contributed by atoms with Gasteiger partial charge in [-0.05, 0) is 49.2 Å². The third-order valence-corrected chi connectivity index (χ3v) is 5.28. The first kappa shape index (κ1) is 21.1. The van der Waals surface area contributed by atoms with E-state index >= 15 is 0 Å². The van der Waals surface area contributed by atoms with Crippen LogP contribution in [0, 0.1) is 0 Å². The zero-order chi connectivity index (χ0) is 19.8. The molecule has 2 aromatic rings. The second-order valence-corrected chi connectivity index (χ2v) is 7.65. The van der Waals surface area contributed by atoms with Crippen molar-refractivity contribution in [1.82, 2.24) is 0 Å². The highest BCUT2D eigenvalue weighted by Gasteiger charge is 2.17. The molecule has 0 saturated heterocycles. The number of anilines is 2. The molecule has 0 fully saturated rings. The maximum absolute atomic E-state index is 12.4. The molecular weight excluding hydrogens is 384 g/mol. The van der Waals surface area contributed by atoms with Gasteiger partial charge >= 0.3 is 0 Å². The summed E-state index contributed by atoms with van der Waals surface area (Å²) in [5, 5.41) is 5.71. The van der Waals surface area contributed by atoms with E-state index in [2.05, 4.69) is 17.6 Å². The highest BCUT2D eigenvalue weighted by molar-refractivity contribution is 8.01. The lowest BCUT2D eigenvalue weighted by atomic mass is 10.1. The minimum atomic E-state index is -0.415. The minimum Gasteiger partial charge on any atom is -0.495 e. The lowest BCUT2D eigenvalue weighted by Gasteiger charge is -2.14. The molecule has 27 heavy (non-hydrogen) atoms. The number of thioether (sulfide) groups is 1. The summed E-state index contributed by atoms with van der Waals surface area (Å²) in [6.07, 6.45) is 0.952. The Bertz CT molecular complexity index is 796. The number of nitrogens with one attached hydrogen (secondary N) is 2. The molecule has 0 aliphatic rings. The molecule has 0 aliphatic heterocycles. The molecule has 1 atom stereocenters. The Kier molecular flexibility index (Phi) is 8.00. The Morgan fingerprint density at radius 1 is 1.15 bits per heavy atom. The summed E-state index contributed by atoms with van der Waals surface area (Å²) >= 11 is 7.23. The molecule has 2 amide bonds. The molecule has 0 spiro atoms. The van der Waals surface area contributed by atoms with Crippen LogP contribution in [0.5, 0.6) is 5.75 Å². The molecule has 2 rings (SSSR count). The van der Waals surface area contributed by atoms with Crippen LogP contribution < -0.4 is 15.4 Å². The smallest absolute Gasteiger partial charge is 0.237 e. The monoisotopic (exact) mass is 406 g/mol. The van der Waals surface area contributed by atoms with E-state index in [0.717, 1.165) is 12.1 Å². The number of methoxy groups -OCH3 is 1. The second-order valence-electron chi connectivity index (χ2n) is 5.89. The normalized spacial score (nSPS) is 11.6. The number of carbonyl (C=O) groups excluding carboxylic acids is 2. The fourth-order valence-corrected chi connectivity index (χ4v) is 3.17. The van der Waals surface area contributed by atoms with Crippen LogP contribution in [0.1, 0.15) is 19.4 Å². The van der Waals surface area contributed by atoms with Crippen molar-refractivity contribution < 1.29 is 14.3 Å². The number of amides is 2. The molecule has 0 bridgehead atoms. The molecule has 144 valence electrons. The van der Waals surface area contributed by atoms with Gasteiger partial charge in [-0.15, -0.1) is 11.8 Å². The molecule has 2 aromatic carbocycles. The summed E-state index contributed by atoms with van der Waals surface area (Å²) in [5.41, 5.74) is 2.46. The summed E-state index contributed by atoms with van der Waals surface area (Å²) in [7, 11) is 1.52. The van der Waals surface area contributed by atoms with Crippen molar-refractivity contribution in [2.24, 2.45) is 0 Å². The van der Waals surface area contributed by atoms with Crippen LogP contribution in [0.15, 0.2) is 42.5 Å². The third kappa shape index (κ3) is 6.48. The fourth-order valence-electron chi connectivity index (χ4n) is 2.31. The van der Waals surface area contributed by atoms with E-state index in [1.807, 2.05) is 24.3 Å². The van der Waals surface area contributed by atoms with E-state index in [0.29, 0.717) is 16.5 Å². The number of aryl methyl sites for hydroxylation is 1. The van der Waals surface area contributed by atoms with E-state index in [1.165, 1.54) is 24.4 Å². The summed E-state index contributed by atoms with van der Waals surface area (Å²) in [6, 6.07) is 12.7. The minimum absolute atomic E-state index is 0.149. The van der Waals surface area contributed by atoms with Crippen molar-refractivity contribution in [1.29, 1.82) is 0 Å². The molecule has 0 aliphatic carbocycles. The summed E-state index contributed by atoms with van der Waals surface area (Å²) < 4.78 is 5.22. The summed E-state index contributed by atoms with van der Waals surface area (Å²) in [6.45, 7) is 3.83. The maximum atomic E-state index is 12.4. The largest absolute Gasteiger partial charge is 0.495 e. The van der Waals surface area contributed by atoms with Gasteiger partial charge in [-0.3, -0.25) is 9.59 Å². The Hall–Kier alpha value is -2.18. The first-order chi connectivity index (χ1) is 12.9. The molecule has 0 unspecified atom stereocenters. The number of halogens is 1. The Labute approximate surface area is 168 Å². The molecule has 2 N–H and O–H groups in total. The van der Waals surface area contributed by atoms with Crippen molar-refractivity contribution in [2.75, 3.05) is 23.5 Å². The first-order valence-corrected chi connectivity index (χ1v) is 10.0. The van der Waals surface area contributed by atoms with Gasteiger partial charge in [0.2, 0.25) is 11.8 Å². The van der Waals surface area contributed by atoms with Crippen molar-refractivity contribution in [2.45, 2.75) is 25.5 Å². The lowest BCUT2D eigenvalue weighted by molar-refractivity contribution is -0.115. The predicted octanol–water partition coefficient (Wildman–Crippen LogP) is 4.61. The molecule has 0 radical (unpaired) electrons. The molecule has 0 saturated carbocycles. The van der Waals surface area contributed by atoms with Crippen molar-refractivity contribution in [3.05, 3.63) is 53.1 Å². The van der Waals surface area contributed by atoms with E-state index in [1.54, 1.807) is 25.1 Å². The van der Waals surface area contributed by atoms with Crippen molar-refractivity contribution >= 4 is 46.6 Å². The average Bonchev–Trinajstić information content (AvgIpc) is 2.67. The zero-order valence-electron chi connectivity index (χ0n) is 15.5. The van der Waals surface area contributed by atoms with Crippen molar-refractivity contribution in [3.8, 4) is 5.75 Å². The number of hydrogen-bond donors (Lipinski definition) is 2.